The largest absolute Gasteiger partial charge is 0.388 e. The Morgan fingerprint density at radius 3 is 2.35 bits per heavy atom. The lowest BCUT2D eigenvalue weighted by Crippen LogP contribution is -2.47. The van der Waals surface area contributed by atoms with Crippen molar-refractivity contribution in [1.29, 1.82) is 0 Å². The molecule has 1 saturated heterocycles. The Bertz CT molecular complexity index is 1690. The van der Waals surface area contributed by atoms with Gasteiger partial charge >= 0.3 is 6.55 Å². The van der Waals surface area contributed by atoms with E-state index in [1.807, 2.05) is 0 Å². The van der Waals surface area contributed by atoms with Gasteiger partial charge in [0.05, 0.1) is 30.2 Å². The van der Waals surface area contributed by atoms with Gasteiger partial charge in [0.2, 0.25) is 0 Å². The monoisotopic (exact) mass is 549 g/mol. The van der Waals surface area contributed by atoms with Crippen molar-refractivity contribution in [2.45, 2.75) is 38.1 Å². The molecular formula is C28H26F3N7O2. The number of nitrogens with zero attached hydrogens (tertiary/aromatic N) is 7. The van der Waals surface area contributed by atoms with E-state index in [0.29, 0.717) is 65.0 Å². The average Bonchev–Trinajstić information content (AvgIpc) is 3.62. The second-order valence-electron chi connectivity index (χ2n) is 10.1. The minimum Gasteiger partial charge on any atom is -0.388 e. The summed E-state index contributed by atoms with van der Waals surface area (Å²) in [5.74, 6) is -0.269. The van der Waals surface area contributed by atoms with Crippen molar-refractivity contribution in [3.8, 4) is 16.8 Å². The minimum absolute atomic E-state index is 0.116. The Labute approximate surface area is 226 Å². The van der Waals surface area contributed by atoms with Gasteiger partial charge in [-0.05, 0) is 48.2 Å². The van der Waals surface area contributed by atoms with Gasteiger partial charge in [0, 0.05) is 31.4 Å². The first-order valence-corrected chi connectivity index (χ1v) is 12.8. The average molecular weight is 550 g/mol. The van der Waals surface area contributed by atoms with E-state index in [-0.39, 0.29) is 17.9 Å². The van der Waals surface area contributed by atoms with Crippen LogP contribution >= 0.6 is 0 Å². The summed E-state index contributed by atoms with van der Waals surface area (Å²) in [6.45, 7) is -0.626. The number of halogens is 3. The van der Waals surface area contributed by atoms with Crippen LogP contribution in [0.4, 0.5) is 13.2 Å². The third-order valence-electron chi connectivity index (χ3n) is 7.37. The molecule has 5 aromatic rings. The van der Waals surface area contributed by atoms with Gasteiger partial charge in [-0.1, -0.05) is 24.3 Å². The van der Waals surface area contributed by atoms with Gasteiger partial charge in [-0.15, -0.1) is 0 Å². The van der Waals surface area contributed by atoms with Crippen LogP contribution in [0.5, 0.6) is 0 Å². The fraction of sp³-hybridized carbons (Fsp3) is 0.286. The van der Waals surface area contributed by atoms with Crippen molar-refractivity contribution < 1.29 is 18.3 Å². The zero-order valence-corrected chi connectivity index (χ0v) is 21.4. The molecule has 1 N–H and O–H groups in total. The fourth-order valence-corrected chi connectivity index (χ4v) is 5.09. The number of aliphatic hydroxyl groups is 1. The van der Waals surface area contributed by atoms with Gasteiger partial charge in [-0.2, -0.15) is 19.0 Å². The minimum atomic E-state index is -2.71. The van der Waals surface area contributed by atoms with E-state index in [0.717, 1.165) is 5.56 Å². The molecule has 1 aliphatic rings. The molecule has 2 aromatic carbocycles. The molecule has 0 spiro atoms. The smallest absolute Gasteiger partial charge is 0.333 e. The normalized spacial score (nSPS) is 15.7. The number of likely N-dealkylation sites (tertiary alicyclic amines) is 1. The van der Waals surface area contributed by atoms with Gasteiger partial charge in [-0.3, -0.25) is 14.3 Å². The third-order valence-corrected chi connectivity index (χ3v) is 7.37. The maximum absolute atomic E-state index is 13.3. The van der Waals surface area contributed by atoms with Crippen molar-refractivity contribution in [1.82, 2.24) is 34.0 Å². The molecule has 0 radical (unpaired) electrons. The summed E-state index contributed by atoms with van der Waals surface area (Å²) in [4.78, 5) is 19.9. The van der Waals surface area contributed by atoms with Crippen LogP contribution < -0.4 is 5.56 Å². The number of rotatable bonds is 7. The lowest BCUT2D eigenvalue weighted by Gasteiger charge is -2.38. The Kier molecular flexibility index (Phi) is 6.72. The number of alkyl halides is 2. The van der Waals surface area contributed by atoms with E-state index in [1.54, 1.807) is 36.4 Å². The van der Waals surface area contributed by atoms with Crippen LogP contribution in [0.1, 0.15) is 25.0 Å². The van der Waals surface area contributed by atoms with Crippen molar-refractivity contribution in [3.05, 3.63) is 95.2 Å². The number of hydrogen-bond acceptors (Lipinski definition) is 6. The molecule has 9 nitrogen and oxygen atoms in total. The fourth-order valence-electron chi connectivity index (χ4n) is 5.09. The first-order valence-electron chi connectivity index (χ1n) is 12.8. The topological polar surface area (TPSA) is 94.0 Å². The summed E-state index contributed by atoms with van der Waals surface area (Å²) in [5, 5.41) is 19.6. The molecule has 1 fully saturated rings. The van der Waals surface area contributed by atoms with Gasteiger partial charge in [-0.25, -0.2) is 18.7 Å². The maximum Gasteiger partial charge on any atom is 0.333 e. The van der Waals surface area contributed by atoms with Gasteiger partial charge < -0.3 is 5.11 Å². The summed E-state index contributed by atoms with van der Waals surface area (Å²) < 4.78 is 42.4. The molecule has 3 aromatic heterocycles. The zero-order valence-electron chi connectivity index (χ0n) is 21.4. The molecule has 6 rings (SSSR count). The van der Waals surface area contributed by atoms with Crippen molar-refractivity contribution in [3.63, 3.8) is 0 Å². The Hall–Kier alpha value is -4.29. The van der Waals surface area contributed by atoms with Crippen molar-refractivity contribution in [2.75, 3.05) is 13.1 Å². The number of fused-ring (bicyclic) bond motifs is 1. The van der Waals surface area contributed by atoms with Crippen LogP contribution in [0.3, 0.4) is 0 Å². The highest BCUT2D eigenvalue weighted by Gasteiger charge is 2.33. The van der Waals surface area contributed by atoms with E-state index in [1.165, 1.54) is 46.3 Å². The molecule has 12 heteroatoms. The maximum atomic E-state index is 13.3. The van der Waals surface area contributed by atoms with Crippen molar-refractivity contribution >= 4 is 11.0 Å². The number of piperidine rings is 1. The van der Waals surface area contributed by atoms with Gasteiger partial charge in [0.1, 0.15) is 17.5 Å². The second-order valence-corrected chi connectivity index (χ2v) is 10.1. The molecule has 0 aliphatic carbocycles. The zero-order chi connectivity index (χ0) is 27.9. The highest BCUT2D eigenvalue weighted by molar-refractivity contribution is 5.75. The van der Waals surface area contributed by atoms with E-state index in [2.05, 4.69) is 20.1 Å². The lowest BCUT2D eigenvalue weighted by molar-refractivity contribution is -0.0364. The second kappa shape index (κ2) is 10.4. The van der Waals surface area contributed by atoms with Crippen LogP contribution in [0.15, 0.2) is 78.2 Å². The quantitative estimate of drug-likeness (QED) is 0.330. The first-order chi connectivity index (χ1) is 19.3. The van der Waals surface area contributed by atoms with Gasteiger partial charge in [0.25, 0.3) is 5.56 Å². The predicted octanol–water partition coefficient (Wildman–Crippen LogP) is 4.01. The first kappa shape index (κ1) is 26.0. The summed E-state index contributed by atoms with van der Waals surface area (Å²) in [5.41, 5.74) is 1.94. The standard InChI is InChI=1S/C28H26F3N7O2/c29-22-5-1-19(2-6-22)15-35-11-9-28(40,10-12-35)17-36-18-32-25-24(26(36)39)14-34-38(25)23-7-3-20(4-8-23)21-13-33-37(16-21)27(30)31/h1-8,13-14,16,18,27,40H,9-12,15,17H2. The summed E-state index contributed by atoms with van der Waals surface area (Å²) in [6.07, 6.45) is 6.50. The van der Waals surface area contributed by atoms with Crippen LogP contribution in [0.25, 0.3) is 27.8 Å². The molecule has 0 atom stereocenters. The van der Waals surface area contributed by atoms with E-state index in [9.17, 15) is 23.1 Å². The Balaban J connectivity index is 1.15. The molecular weight excluding hydrogens is 523 g/mol. The van der Waals surface area contributed by atoms with Crippen LogP contribution in [0, 0.1) is 5.82 Å². The molecule has 0 bridgehead atoms. The van der Waals surface area contributed by atoms with Crippen LogP contribution in [-0.4, -0.2) is 57.8 Å². The molecule has 0 saturated carbocycles. The highest BCUT2D eigenvalue weighted by atomic mass is 19.3. The van der Waals surface area contributed by atoms with Crippen LogP contribution in [-0.2, 0) is 13.1 Å². The number of benzene rings is 2. The SMILES string of the molecule is O=c1c2cnn(-c3ccc(-c4cnn(C(F)F)c4)cc3)c2ncn1CC1(O)CCN(Cc2ccc(F)cc2)CC1. The van der Waals surface area contributed by atoms with E-state index in [4.69, 9.17) is 0 Å². The molecule has 206 valence electrons. The van der Waals surface area contributed by atoms with E-state index < -0.39 is 12.2 Å². The van der Waals surface area contributed by atoms with E-state index >= 15 is 0 Å². The lowest BCUT2D eigenvalue weighted by atomic mass is 9.91. The summed E-state index contributed by atoms with van der Waals surface area (Å²) in [6, 6.07) is 13.4. The van der Waals surface area contributed by atoms with Crippen molar-refractivity contribution in [2.24, 2.45) is 0 Å². The summed E-state index contributed by atoms with van der Waals surface area (Å²) >= 11 is 0. The van der Waals surface area contributed by atoms with Gasteiger partial charge in [0.15, 0.2) is 5.65 Å². The predicted molar refractivity (Wildman–Crippen MR) is 141 cm³/mol. The van der Waals surface area contributed by atoms with Crippen LogP contribution in [0.2, 0.25) is 0 Å². The molecule has 0 amide bonds. The molecule has 40 heavy (non-hydrogen) atoms. The highest BCUT2D eigenvalue weighted by Crippen LogP contribution is 2.26. The number of aromatic nitrogens is 6. The molecule has 4 heterocycles. The Morgan fingerprint density at radius 1 is 0.950 bits per heavy atom. The Morgan fingerprint density at radius 2 is 1.68 bits per heavy atom. The molecule has 1 aliphatic heterocycles. The summed E-state index contributed by atoms with van der Waals surface area (Å²) in [7, 11) is 0. The number of hydrogen-bond donors (Lipinski definition) is 1. The molecule has 0 unspecified atom stereocenters. The third kappa shape index (κ3) is 5.15.